The SMILES string of the molecule is COc1ccc(N)cc1NC(=O)CN(C)CCC(F)(F)F. The number of hydrogen-bond acceptors (Lipinski definition) is 4. The Morgan fingerprint density at radius 2 is 2.10 bits per heavy atom. The molecular weight excluding hydrogens is 287 g/mol. The summed E-state index contributed by atoms with van der Waals surface area (Å²) < 4.78 is 41.3. The summed E-state index contributed by atoms with van der Waals surface area (Å²) in [5, 5.41) is 2.56. The van der Waals surface area contributed by atoms with Crippen molar-refractivity contribution in [3.8, 4) is 5.75 Å². The van der Waals surface area contributed by atoms with Gasteiger partial charge in [-0.1, -0.05) is 0 Å². The molecule has 0 saturated carbocycles. The Labute approximate surface area is 120 Å². The van der Waals surface area contributed by atoms with Crippen LogP contribution in [0.15, 0.2) is 18.2 Å². The van der Waals surface area contributed by atoms with E-state index < -0.39 is 18.5 Å². The minimum atomic E-state index is -4.23. The number of halogens is 3. The molecule has 0 aromatic heterocycles. The van der Waals surface area contributed by atoms with Crippen LogP contribution in [0.2, 0.25) is 0 Å². The first-order chi connectivity index (χ1) is 9.71. The van der Waals surface area contributed by atoms with E-state index in [1.165, 1.54) is 25.1 Å². The Bertz CT molecular complexity index is 492. The summed E-state index contributed by atoms with van der Waals surface area (Å²) in [5.74, 6) is -0.0148. The van der Waals surface area contributed by atoms with Crippen LogP contribution in [0.4, 0.5) is 24.5 Å². The van der Waals surface area contributed by atoms with E-state index in [0.717, 1.165) is 0 Å². The molecule has 0 bridgehead atoms. The molecule has 118 valence electrons. The Morgan fingerprint density at radius 1 is 1.43 bits per heavy atom. The second kappa shape index (κ2) is 7.16. The van der Waals surface area contributed by atoms with Gasteiger partial charge in [0.1, 0.15) is 5.75 Å². The lowest BCUT2D eigenvalue weighted by atomic mass is 10.2. The van der Waals surface area contributed by atoms with Gasteiger partial charge in [0.15, 0.2) is 0 Å². The fourth-order valence-electron chi connectivity index (χ4n) is 1.65. The third-order valence-corrected chi connectivity index (χ3v) is 2.69. The van der Waals surface area contributed by atoms with Crippen molar-refractivity contribution in [2.75, 3.05) is 38.3 Å². The largest absolute Gasteiger partial charge is 0.495 e. The summed E-state index contributed by atoms with van der Waals surface area (Å²) in [7, 11) is 2.89. The highest BCUT2D eigenvalue weighted by atomic mass is 19.4. The van der Waals surface area contributed by atoms with Crippen LogP contribution in [0, 0.1) is 0 Å². The zero-order chi connectivity index (χ0) is 16.0. The molecule has 0 aliphatic rings. The minimum absolute atomic E-state index is 0.159. The van der Waals surface area contributed by atoms with Gasteiger partial charge in [-0.25, -0.2) is 0 Å². The van der Waals surface area contributed by atoms with E-state index in [9.17, 15) is 18.0 Å². The average Bonchev–Trinajstić information content (AvgIpc) is 2.35. The molecule has 21 heavy (non-hydrogen) atoms. The molecule has 8 heteroatoms. The molecule has 1 aromatic rings. The van der Waals surface area contributed by atoms with E-state index in [1.807, 2.05) is 0 Å². The summed E-state index contributed by atoms with van der Waals surface area (Å²) in [6, 6.07) is 4.73. The Kier molecular flexibility index (Phi) is 5.83. The molecule has 0 radical (unpaired) electrons. The molecule has 0 aliphatic carbocycles. The first-order valence-electron chi connectivity index (χ1n) is 6.20. The lowest BCUT2D eigenvalue weighted by Gasteiger charge is -2.18. The van der Waals surface area contributed by atoms with E-state index >= 15 is 0 Å². The smallest absolute Gasteiger partial charge is 0.390 e. The molecule has 1 rings (SSSR count). The summed E-state index contributed by atoms with van der Waals surface area (Å²) in [6.07, 6.45) is -5.19. The van der Waals surface area contributed by atoms with Crippen LogP contribution < -0.4 is 15.8 Å². The van der Waals surface area contributed by atoms with Gasteiger partial charge in [-0.05, 0) is 25.2 Å². The van der Waals surface area contributed by atoms with Crippen molar-refractivity contribution in [1.29, 1.82) is 0 Å². The summed E-state index contributed by atoms with van der Waals surface area (Å²) in [6.45, 7) is -0.404. The van der Waals surface area contributed by atoms with Crippen LogP contribution in [0.25, 0.3) is 0 Å². The quantitative estimate of drug-likeness (QED) is 0.790. The number of likely N-dealkylation sites (N-methyl/N-ethyl adjacent to an activating group) is 1. The molecule has 0 aliphatic heterocycles. The zero-order valence-electron chi connectivity index (χ0n) is 11.8. The predicted molar refractivity (Wildman–Crippen MR) is 74.2 cm³/mol. The molecular formula is C13H18F3N3O2. The first kappa shape index (κ1) is 17.1. The second-order valence-electron chi connectivity index (χ2n) is 4.61. The van der Waals surface area contributed by atoms with E-state index in [4.69, 9.17) is 10.5 Å². The third-order valence-electron chi connectivity index (χ3n) is 2.69. The molecule has 0 unspecified atom stereocenters. The molecule has 0 saturated heterocycles. The highest BCUT2D eigenvalue weighted by molar-refractivity contribution is 5.94. The summed E-state index contributed by atoms with van der Waals surface area (Å²) >= 11 is 0. The second-order valence-corrected chi connectivity index (χ2v) is 4.61. The highest BCUT2D eigenvalue weighted by Gasteiger charge is 2.27. The Balaban J connectivity index is 2.55. The van der Waals surface area contributed by atoms with Gasteiger partial charge in [0.25, 0.3) is 0 Å². The molecule has 0 atom stereocenters. The third kappa shape index (κ3) is 6.35. The van der Waals surface area contributed by atoms with Crippen LogP contribution in [-0.2, 0) is 4.79 Å². The van der Waals surface area contributed by atoms with E-state index in [1.54, 1.807) is 12.1 Å². The number of amides is 1. The number of nitrogens with two attached hydrogens (primary N) is 1. The summed E-state index contributed by atoms with van der Waals surface area (Å²) in [5.41, 5.74) is 6.43. The van der Waals surface area contributed by atoms with Crippen molar-refractivity contribution >= 4 is 17.3 Å². The molecule has 3 N–H and O–H groups in total. The van der Waals surface area contributed by atoms with Crippen LogP contribution in [-0.4, -0.2) is 44.2 Å². The van der Waals surface area contributed by atoms with E-state index in [-0.39, 0.29) is 13.1 Å². The standard InChI is InChI=1S/C13H18F3N3O2/c1-19(6-5-13(14,15)16)8-12(20)18-10-7-9(17)3-4-11(10)21-2/h3-4,7H,5-6,8,17H2,1-2H3,(H,18,20). The minimum Gasteiger partial charge on any atom is -0.495 e. The number of hydrogen-bond donors (Lipinski definition) is 2. The Hall–Kier alpha value is -1.96. The average molecular weight is 305 g/mol. The van der Waals surface area contributed by atoms with Crippen LogP contribution in [0.3, 0.4) is 0 Å². The molecule has 0 fully saturated rings. The van der Waals surface area contributed by atoms with Crippen LogP contribution >= 0.6 is 0 Å². The van der Waals surface area contributed by atoms with Gasteiger partial charge in [0, 0.05) is 12.2 Å². The van der Waals surface area contributed by atoms with Crippen molar-refractivity contribution < 1.29 is 22.7 Å². The number of ether oxygens (including phenoxy) is 1. The number of nitrogens with zero attached hydrogens (tertiary/aromatic N) is 1. The topological polar surface area (TPSA) is 67.6 Å². The highest BCUT2D eigenvalue weighted by Crippen LogP contribution is 2.26. The normalized spacial score (nSPS) is 11.5. The van der Waals surface area contributed by atoms with Crippen LogP contribution in [0.1, 0.15) is 6.42 Å². The number of methoxy groups -OCH3 is 1. The van der Waals surface area contributed by atoms with Gasteiger partial charge in [-0.3, -0.25) is 9.69 Å². The fourth-order valence-corrected chi connectivity index (χ4v) is 1.65. The van der Waals surface area contributed by atoms with Crippen molar-refractivity contribution in [2.24, 2.45) is 0 Å². The predicted octanol–water partition coefficient (Wildman–Crippen LogP) is 2.10. The lowest BCUT2D eigenvalue weighted by Crippen LogP contribution is -2.32. The number of alkyl halides is 3. The number of nitrogens with one attached hydrogen (secondary N) is 1. The maximum absolute atomic E-state index is 12.1. The summed E-state index contributed by atoms with van der Waals surface area (Å²) in [4.78, 5) is 13.1. The number of rotatable bonds is 6. The number of benzene rings is 1. The van der Waals surface area contributed by atoms with Crippen molar-refractivity contribution in [3.63, 3.8) is 0 Å². The van der Waals surface area contributed by atoms with E-state index in [2.05, 4.69) is 5.32 Å². The number of carbonyl (C=O) groups excluding carboxylic acids is 1. The molecule has 0 heterocycles. The Morgan fingerprint density at radius 3 is 2.67 bits per heavy atom. The number of carbonyl (C=O) groups is 1. The molecule has 1 amide bonds. The maximum Gasteiger partial charge on any atom is 0.390 e. The molecule has 5 nitrogen and oxygen atoms in total. The monoisotopic (exact) mass is 305 g/mol. The first-order valence-corrected chi connectivity index (χ1v) is 6.20. The van der Waals surface area contributed by atoms with Crippen LogP contribution in [0.5, 0.6) is 5.75 Å². The van der Waals surface area contributed by atoms with Gasteiger partial charge >= 0.3 is 6.18 Å². The molecule has 0 spiro atoms. The zero-order valence-corrected chi connectivity index (χ0v) is 11.8. The van der Waals surface area contributed by atoms with Crippen molar-refractivity contribution in [1.82, 2.24) is 4.90 Å². The maximum atomic E-state index is 12.1. The van der Waals surface area contributed by atoms with Gasteiger partial charge in [0.2, 0.25) is 5.91 Å². The van der Waals surface area contributed by atoms with Crippen molar-refractivity contribution in [2.45, 2.75) is 12.6 Å². The van der Waals surface area contributed by atoms with Gasteiger partial charge < -0.3 is 15.8 Å². The van der Waals surface area contributed by atoms with Gasteiger partial charge in [0.05, 0.1) is 25.8 Å². The van der Waals surface area contributed by atoms with E-state index in [0.29, 0.717) is 17.1 Å². The number of anilines is 2. The lowest BCUT2D eigenvalue weighted by molar-refractivity contribution is -0.138. The molecule has 1 aromatic carbocycles. The fraction of sp³-hybridized carbons (Fsp3) is 0.462. The van der Waals surface area contributed by atoms with Crippen molar-refractivity contribution in [3.05, 3.63) is 18.2 Å². The van der Waals surface area contributed by atoms with Gasteiger partial charge in [-0.15, -0.1) is 0 Å². The van der Waals surface area contributed by atoms with Gasteiger partial charge in [-0.2, -0.15) is 13.2 Å². The number of nitrogen functional groups attached to an aromatic ring is 1.